The van der Waals surface area contributed by atoms with Crippen molar-refractivity contribution in [2.24, 2.45) is 0 Å². The van der Waals surface area contributed by atoms with E-state index in [0.717, 1.165) is 11.8 Å². The van der Waals surface area contributed by atoms with E-state index in [0.29, 0.717) is 26.9 Å². The number of sulfonamides is 1. The van der Waals surface area contributed by atoms with Gasteiger partial charge in [-0.2, -0.15) is 5.10 Å². The number of phenols is 1. The van der Waals surface area contributed by atoms with Crippen LogP contribution in [-0.2, 0) is 10.0 Å². The average Bonchev–Trinajstić information content (AvgIpc) is 3.23. The number of nitrogens with one attached hydrogen (secondary N) is 2. The molecule has 0 saturated heterocycles. The highest BCUT2D eigenvalue weighted by molar-refractivity contribution is 7.99. The molecular weight excluding hydrogens is 412 g/mol. The Hall–Kier alpha value is -3.24. The highest BCUT2D eigenvalue weighted by Gasteiger charge is 2.21. The molecule has 1 aromatic heterocycles. The monoisotopic (exact) mass is 430 g/mol. The summed E-state index contributed by atoms with van der Waals surface area (Å²) in [7, 11) is -2.48. The lowest BCUT2D eigenvalue weighted by Gasteiger charge is -2.16. The Morgan fingerprint density at radius 1 is 1.24 bits per heavy atom. The molecule has 0 fully saturated rings. The molecule has 3 aromatic rings. The van der Waals surface area contributed by atoms with Crippen molar-refractivity contribution in [1.29, 1.82) is 0 Å². The summed E-state index contributed by atoms with van der Waals surface area (Å²) in [5, 5.41) is 17.5. The van der Waals surface area contributed by atoms with Crippen molar-refractivity contribution in [3.63, 3.8) is 0 Å². The van der Waals surface area contributed by atoms with E-state index in [4.69, 9.17) is 4.74 Å². The summed E-state index contributed by atoms with van der Waals surface area (Å²) in [6, 6.07) is 7.60. The quantitative estimate of drug-likeness (QED) is 0.466. The van der Waals surface area contributed by atoms with Gasteiger partial charge in [0.1, 0.15) is 17.8 Å². The van der Waals surface area contributed by atoms with Gasteiger partial charge in [0.2, 0.25) is 0 Å². The molecule has 0 atom stereocenters. The molecule has 8 nitrogen and oxygen atoms in total. The number of anilines is 1. The van der Waals surface area contributed by atoms with Crippen molar-refractivity contribution in [3.8, 4) is 11.5 Å². The fraction of sp³-hybridized carbons (Fsp3) is 0.0526. The Bertz CT molecular complexity index is 1160. The van der Waals surface area contributed by atoms with Gasteiger partial charge in [-0.25, -0.2) is 13.4 Å². The predicted molar refractivity (Wildman–Crippen MR) is 113 cm³/mol. The topological polar surface area (TPSA) is 117 Å². The molecule has 10 heteroatoms. The molecule has 2 aromatic carbocycles. The van der Waals surface area contributed by atoms with E-state index < -0.39 is 10.0 Å². The number of aromatic hydroxyl groups is 1. The number of H-pyrrole nitrogens is 1. The van der Waals surface area contributed by atoms with Crippen LogP contribution in [0, 0.1) is 0 Å². The third kappa shape index (κ3) is 4.28. The Labute approximate surface area is 172 Å². The summed E-state index contributed by atoms with van der Waals surface area (Å²) in [4.78, 5) is 4.41. The highest BCUT2D eigenvalue weighted by Crippen LogP contribution is 2.41. The van der Waals surface area contributed by atoms with Crippen molar-refractivity contribution in [2.75, 3.05) is 11.8 Å². The van der Waals surface area contributed by atoms with Gasteiger partial charge in [0.15, 0.2) is 5.16 Å². The fourth-order valence-corrected chi connectivity index (χ4v) is 4.49. The second-order valence-corrected chi connectivity index (χ2v) is 8.40. The highest BCUT2D eigenvalue weighted by atomic mass is 32.2. The van der Waals surface area contributed by atoms with Crippen LogP contribution in [0.25, 0.3) is 12.2 Å². The minimum atomic E-state index is -3.93. The van der Waals surface area contributed by atoms with Gasteiger partial charge in [-0.05, 0) is 30.0 Å². The van der Waals surface area contributed by atoms with E-state index in [1.807, 2.05) is 0 Å². The first kappa shape index (κ1) is 20.5. The first-order valence-electron chi connectivity index (χ1n) is 8.24. The molecule has 1 heterocycles. The zero-order chi connectivity index (χ0) is 21.0. The Morgan fingerprint density at radius 3 is 2.62 bits per heavy atom. The lowest BCUT2D eigenvalue weighted by molar-refractivity contribution is 0.413. The number of ether oxygens (including phenoxy) is 1. The fourth-order valence-electron chi connectivity index (χ4n) is 2.59. The standard InChI is InChI=1S/C19H18N4O4S2/c1-4-14-15(5-2)18(24)17(28-19-20-11-21-22-19)10-16(14)23-29(25,26)13-8-6-7-12(9-13)27-3/h4-11,23-24H,1-2H2,3H3,(H,20,21,22). The van der Waals surface area contributed by atoms with Crippen LogP contribution in [-0.4, -0.2) is 35.8 Å². The van der Waals surface area contributed by atoms with Crippen LogP contribution in [0.5, 0.6) is 11.5 Å². The minimum absolute atomic E-state index is 0.0320. The molecule has 0 saturated carbocycles. The summed E-state index contributed by atoms with van der Waals surface area (Å²) in [5.41, 5.74) is 0.969. The summed E-state index contributed by atoms with van der Waals surface area (Å²) >= 11 is 1.10. The molecular formula is C19H18N4O4S2. The number of rotatable bonds is 8. The number of aromatic nitrogens is 3. The summed E-state index contributed by atoms with van der Waals surface area (Å²) in [6.07, 6.45) is 4.21. The molecule has 0 unspecified atom stereocenters. The van der Waals surface area contributed by atoms with E-state index in [1.165, 1.54) is 43.8 Å². The number of benzene rings is 2. The van der Waals surface area contributed by atoms with Gasteiger partial charge >= 0.3 is 0 Å². The largest absolute Gasteiger partial charge is 0.506 e. The molecule has 29 heavy (non-hydrogen) atoms. The van der Waals surface area contributed by atoms with Crippen LogP contribution in [0.2, 0.25) is 0 Å². The normalized spacial score (nSPS) is 11.1. The lowest BCUT2D eigenvalue weighted by Crippen LogP contribution is -2.14. The third-order valence-corrected chi connectivity index (χ3v) is 6.23. The first-order valence-corrected chi connectivity index (χ1v) is 10.5. The first-order chi connectivity index (χ1) is 13.9. The molecule has 0 aliphatic rings. The van der Waals surface area contributed by atoms with E-state index in [-0.39, 0.29) is 16.3 Å². The molecule has 0 spiro atoms. The van der Waals surface area contributed by atoms with Crippen LogP contribution in [0.4, 0.5) is 5.69 Å². The van der Waals surface area contributed by atoms with Crippen LogP contribution in [0.15, 0.2) is 64.8 Å². The van der Waals surface area contributed by atoms with Gasteiger partial charge in [-0.15, -0.1) is 0 Å². The van der Waals surface area contributed by atoms with Crippen molar-refractivity contribution < 1.29 is 18.3 Å². The number of nitrogens with zero attached hydrogens (tertiary/aromatic N) is 2. The summed E-state index contributed by atoms with van der Waals surface area (Å²) in [5.74, 6) is 0.344. The zero-order valence-electron chi connectivity index (χ0n) is 15.4. The van der Waals surface area contributed by atoms with E-state index in [2.05, 4.69) is 33.1 Å². The Kier molecular flexibility index (Phi) is 5.95. The zero-order valence-corrected chi connectivity index (χ0v) is 17.0. The Balaban J connectivity index is 2.09. The smallest absolute Gasteiger partial charge is 0.262 e. The van der Waals surface area contributed by atoms with E-state index in [9.17, 15) is 13.5 Å². The number of hydrogen-bond acceptors (Lipinski definition) is 7. The lowest BCUT2D eigenvalue weighted by atomic mass is 10.0. The number of methoxy groups -OCH3 is 1. The minimum Gasteiger partial charge on any atom is -0.506 e. The van der Waals surface area contributed by atoms with Crippen molar-refractivity contribution in [2.45, 2.75) is 14.9 Å². The molecule has 0 amide bonds. The van der Waals surface area contributed by atoms with E-state index >= 15 is 0 Å². The maximum atomic E-state index is 12.9. The van der Waals surface area contributed by atoms with Gasteiger partial charge in [0, 0.05) is 17.2 Å². The van der Waals surface area contributed by atoms with Crippen LogP contribution >= 0.6 is 11.8 Å². The second-order valence-electron chi connectivity index (χ2n) is 5.68. The molecule has 3 N–H and O–H groups in total. The molecule has 0 radical (unpaired) electrons. The molecule has 0 aliphatic heterocycles. The van der Waals surface area contributed by atoms with Crippen molar-refractivity contribution in [3.05, 3.63) is 60.9 Å². The van der Waals surface area contributed by atoms with Crippen molar-refractivity contribution in [1.82, 2.24) is 15.2 Å². The maximum absolute atomic E-state index is 12.9. The third-order valence-electron chi connectivity index (χ3n) is 3.95. The van der Waals surface area contributed by atoms with Gasteiger partial charge in [0.25, 0.3) is 10.0 Å². The number of phenolic OH excluding ortho intramolecular Hbond substituents is 1. The average molecular weight is 431 g/mol. The molecule has 3 rings (SSSR count). The predicted octanol–water partition coefficient (Wildman–Crippen LogP) is 3.76. The van der Waals surface area contributed by atoms with Gasteiger partial charge < -0.3 is 9.84 Å². The Morgan fingerprint density at radius 2 is 2.00 bits per heavy atom. The molecule has 0 aliphatic carbocycles. The van der Waals surface area contributed by atoms with Gasteiger partial charge in [0.05, 0.1) is 22.6 Å². The second kappa shape index (κ2) is 8.41. The van der Waals surface area contributed by atoms with Crippen molar-refractivity contribution >= 4 is 39.6 Å². The SMILES string of the molecule is C=Cc1c(NS(=O)(=O)c2cccc(OC)c2)cc(Sc2ncn[nH]2)c(O)c1C=C. The molecule has 150 valence electrons. The summed E-state index contributed by atoms with van der Waals surface area (Å²) in [6.45, 7) is 7.44. The van der Waals surface area contributed by atoms with Crippen LogP contribution in [0.1, 0.15) is 11.1 Å². The van der Waals surface area contributed by atoms with E-state index in [1.54, 1.807) is 12.1 Å². The number of aromatic amines is 1. The molecule has 0 bridgehead atoms. The van der Waals surface area contributed by atoms with Gasteiger partial charge in [-0.3, -0.25) is 9.82 Å². The summed E-state index contributed by atoms with van der Waals surface area (Å²) < 4.78 is 33.5. The van der Waals surface area contributed by atoms with Crippen LogP contribution in [0.3, 0.4) is 0 Å². The maximum Gasteiger partial charge on any atom is 0.262 e. The number of hydrogen-bond donors (Lipinski definition) is 3. The van der Waals surface area contributed by atoms with Gasteiger partial charge in [-0.1, -0.05) is 31.4 Å². The van der Waals surface area contributed by atoms with Crippen LogP contribution < -0.4 is 9.46 Å².